The van der Waals surface area contributed by atoms with Gasteiger partial charge in [-0.2, -0.15) is 5.10 Å². The molecule has 1 heterocycles. The number of ether oxygens (including phenoxy) is 1. The molecule has 0 aliphatic rings. The summed E-state index contributed by atoms with van der Waals surface area (Å²) in [7, 11) is 1.49. The van der Waals surface area contributed by atoms with Gasteiger partial charge in [-0.25, -0.2) is 4.68 Å². The van der Waals surface area contributed by atoms with Crippen molar-refractivity contribution in [2.24, 2.45) is 0 Å². The molecule has 140 valence electrons. The Morgan fingerprint density at radius 3 is 2.44 bits per heavy atom. The van der Waals surface area contributed by atoms with E-state index in [0.717, 1.165) is 28.1 Å². The largest absolute Gasteiger partial charge is 0.549 e. The van der Waals surface area contributed by atoms with Crippen LogP contribution in [0.1, 0.15) is 22.6 Å². The first-order valence-corrected chi connectivity index (χ1v) is 8.68. The summed E-state index contributed by atoms with van der Waals surface area (Å²) in [6, 6.07) is 15.6. The van der Waals surface area contributed by atoms with Gasteiger partial charge in [-0.05, 0) is 54.8 Å². The number of carbonyl (C=O) groups is 1. The van der Waals surface area contributed by atoms with E-state index in [-0.39, 0.29) is 6.61 Å². The predicted molar refractivity (Wildman–Crippen MR) is 102 cm³/mol. The van der Waals surface area contributed by atoms with Gasteiger partial charge < -0.3 is 20.0 Å². The fourth-order valence-electron chi connectivity index (χ4n) is 3.30. The molecule has 6 heteroatoms. The summed E-state index contributed by atoms with van der Waals surface area (Å²) in [4.78, 5) is 11.5. The Labute approximate surface area is 158 Å². The zero-order valence-corrected chi connectivity index (χ0v) is 15.6. The first-order valence-electron chi connectivity index (χ1n) is 8.68. The monoisotopic (exact) mass is 364 g/mol. The summed E-state index contributed by atoms with van der Waals surface area (Å²) in [5.41, 5.74) is 4.29. The number of methoxy groups -OCH3 is 1. The molecule has 0 radical (unpaired) electrons. The van der Waals surface area contributed by atoms with E-state index in [4.69, 9.17) is 4.74 Å². The molecule has 3 rings (SSSR count). The quantitative estimate of drug-likeness (QED) is 0.697. The van der Waals surface area contributed by atoms with Crippen LogP contribution in [0.4, 0.5) is 11.5 Å². The van der Waals surface area contributed by atoms with Crippen molar-refractivity contribution in [3.8, 4) is 5.69 Å². The van der Waals surface area contributed by atoms with Crippen molar-refractivity contribution in [3.05, 3.63) is 71.4 Å². The van der Waals surface area contributed by atoms with Crippen molar-refractivity contribution in [2.75, 3.05) is 19.0 Å². The number of nitrogens with one attached hydrogen (secondary N) is 1. The molecule has 0 aliphatic carbocycles. The SMILES string of the molecule is COCC(C(=O)[O-])c1c(C)cc(Nc2ccn(-c3ccccc3)n2)cc1C. The number of para-hydroxylation sites is 1. The van der Waals surface area contributed by atoms with E-state index in [9.17, 15) is 9.90 Å². The predicted octanol–water partition coefficient (Wildman–Crippen LogP) is 2.71. The van der Waals surface area contributed by atoms with Crippen molar-refractivity contribution in [3.63, 3.8) is 0 Å². The zero-order valence-electron chi connectivity index (χ0n) is 15.6. The molecule has 0 saturated heterocycles. The molecule has 0 fully saturated rings. The lowest BCUT2D eigenvalue weighted by Gasteiger charge is -2.23. The Hall–Kier alpha value is -3.12. The highest BCUT2D eigenvalue weighted by atomic mass is 16.5. The normalized spacial score (nSPS) is 12.0. The third kappa shape index (κ3) is 4.17. The maximum atomic E-state index is 11.5. The van der Waals surface area contributed by atoms with Crippen LogP contribution in [0.2, 0.25) is 0 Å². The van der Waals surface area contributed by atoms with Crippen LogP contribution in [0.3, 0.4) is 0 Å². The van der Waals surface area contributed by atoms with Gasteiger partial charge >= 0.3 is 0 Å². The number of hydrogen-bond acceptors (Lipinski definition) is 5. The van der Waals surface area contributed by atoms with Crippen molar-refractivity contribution in [1.29, 1.82) is 0 Å². The number of benzene rings is 2. The standard InChI is InChI=1S/C21H23N3O3/c1-14-11-16(12-15(2)20(14)18(13-27-3)21(25)26)22-19-9-10-24(23-19)17-7-5-4-6-8-17/h4-12,18H,13H2,1-3H3,(H,22,23)(H,25,26)/p-1. The highest BCUT2D eigenvalue weighted by Crippen LogP contribution is 2.28. The fourth-order valence-corrected chi connectivity index (χ4v) is 3.30. The Balaban J connectivity index is 1.85. The number of aromatic nitrogens is 2. The van der Waals surface area contributed by atoms with E-state index in [1.807, 2.05) is 68.6 Å². The Morgan fingerprint density at radius 2 is 1.85 bits per heavy atom. The third-order valence-electron chi connectivity index (χ3n) is 4.44. The zero-order chi connectivity index (χ0) is 19.4. The number of nitrogens with zero attached hydrogens (tertiary/aromatic N) is 2. The molecule has 0 saturated carbocycles. The van der Waals surface area contributed by atoms with Gasteiger partial charge in [0.1, 0.15) is 0 Å². The molecule has 27 heavy (non-hydrogen) atoms. The van der Waals surface area contributed by atoms with Gasteiger partial charge in [0, 0.05) is 31.0 Å². The summed E-state index contributed by atoms with van der Waals surface area (Å²) in [6.07, 6.45) is 1.89. The van der Waals surface area contributed by atoms with Gasteiger partial charge in [0.25, 0.3) is 0 Å². The summed E-state index contributed by atoms with van der Waals surface area (Å²) >= 11 is 0. The molecule has 0 bridgehead atoms. The Bertz CT molecular complexity index is 912. The number of anilines is 2. The summed E-state index contributed by atoms with van der Waals surface area (Å²) in [5, 5.41) is 19.3. The van der Waals surface area contributed by atoms with Crippen LogP contribution in [0.25, 0.3) is 5.69 Å². The number of rotatable bonds is 7. The van der Waals surface area contributed by atoms with Crippen LogP contribution in [-0.2, 0) is 9.53 Å². The molecule has 0 amide bonds. The van der Waals surface area contributed by atoms with Crippen molar-refractivity contribution in [1.82, 2.24) is 9.78 Å². The molecule has 0 spiro atoms. The van der Waals surface area contributed by atoms with Crippen LogP contribution in [-0.4, -0.2) is 29.5 Å². The molecule has 0 aliphatic heterocycles. The smallest absolute Gasteiger partial charge is 0.152 e. The maximum absolute atomic E-state index is 11.5. The maximum Gasteiger partial charge on any atom is 0.152 e. The highest BCUT2D eigenvalue weighted by Gasteiger charge is 2.18. The Kier molecular flexibility index (Phi) is 5.57. The van der Waals surface area contributed by atoms with E-state index in [1.165, 1.54) is 7.11 Å². The van der Waals surface area contributed by atoms with Gasteiger partial charge in [0.15, 0.2) is 5.82 Å². The second kappa shape index (κ2) is 8.05. The van der Waals surface area contributed by atoms with Crippen LogP contribution in [0.15, 0.2) is 54.7 Å². The fraction of sp³-hybridized carbons (Fsp3) is 0.238. The molecule has 1 aromatic heterocycles. The summed E-state index contributed by atoms with van der Waals surface area (Å²) in [5.74, 6) is -1.22. The van der Waals surface area contributed by atoms with E-state index < -0.39 is 11.9 Å². The summed E-state index contributed by atoms with van der Waals surface area (Å²) < 4.78 is 6.84. The number of carboxylic acids is 1. The van der Waals surface area contributed by atoms with Crippen LogP contribution in [0.5, 0.6) is 0 Å². The topological polar surface area (TPSA) is 79.2 Å². The number of aryl methyl sites for hydroxylation is 2. The molecular weight excluding hydrogens is 342 g/mol. The van der Waals surface area contributed by atoms with E-state index in [2.05, 4.69) is 10.4 Å². The van der Waals surface area contributed by atoms with Gasteiger partial charge in [-0.15, -0.1) is 0 Å². The minimum Gasteiger partial charge on any atom is -0.549 e. The van der Waals surface area contributed by atoms with Crippen molar-refractivity contribution < 1.29 is 14.6 Å². The summed E-state index contributed by atoms with van der Waals surface area (Å²) in [6.45, 7) is 3.86. The second-order valence-electron chi connectivity index (χ2n) is 6.46. The molecule has 2 aromatic carbocycles. The minimum atomic E-state index is -1.13. The first-order chi connectivity index (χ1) is 13.0. The van der Waals surface area contributed by atoms with E-state index in [0.29, 0.717) is 5.82 Å². The van der Waals surface area contributed by atoms with Crippen LogP contribution < -0.4 is 10.4 Å². The first kappa shape index (κ1) is 18.7. The molecule has 3 aromatic rings. The van der Waals surface area contributed by atoms with Crippen molar-refractivity contribution in [2.45, 2.75) is 19.8 Å². The van der Waals surface area contributed by atoms with E-state index >= 15 is 0 Å². The van der Waals surface area contributed by atoms with Gasteiger partial charge in [-0.3, -0.25) is 0 Å². The number of carbonyl (C=O) groups excluding carboxylic acids is 1. The second-order valence-corrected chi connectivity index (χ2v) is 6.46. The van der Waals surface area contributed by atoms with Gasteiger partial charge in [0.2, 0.25) is 0 Å². The molecule has 1 N–H and O–H groups in total. The van der Waals surface area contributed by atoms with Crippen LogP contribution >= 0.6 is 0 Å². The average Bonchev–Trinajstić information content (AvgIpc) is 3.09. The van der Waals surface area contributed by atoms with Crippen LogP contribution in [0, 0.1) is 13.8 Å². The Morgan fingerprint density at radius 1 is 1.19 bits per heavy atom. The lowest BCUT2D eigenvalue weighted by atomic mass is 9.90. The number of carboxylic acid groups (broad SMARTS) is 1. The lowest BCUT2D eigenvalue weighted by Crippen LogP contribution is -2.33. The van der Waals surface area contributed by atoms with Crippen molar-refractivity contribution >= 4 is 17.5 Å². The third-order valence-corrected chi connectivity index (χ3v) is 4.44. The molecule has 1 unspecified atom stereocenters. The van der Waals surface area contributed by atoms with E-state index in [1.54, 1.807) is 4.68 Å². The average molecular weight is 364 g/mol. The molecule has 1 atom stereocenters. The molecular formula is C21H22N3O3-. The minimum absolute atomic E-state index is 0.0816. The lowest BCUT2D eigenvalue weighted by molar-refractivity contribution is -0.308. The molecule has 6 nitrogen and oxygen atoms in total. The number of hydrogen-bond donors (Lipinski definition) is 1. The van der Waals surface area contributed by atoms with Gasteiger partial charge in [-0.1, -0.05) is 18.2 Å². The highest BCUT2D eigenvalue weighted by molar-refractivity contribution is 5.76. The van der Waals surface area contributed by atoms with Gasteiger partial charge in [0.05, 0.1) is 18.3 Å². The number of aliphatic carboxylic acids is 1.